The number of aryl methyl sites for hydroxylation is 1. The minimum absolute atomic E-state index is 0.327. The molecule has 90 valence electrons. The van der Waals surface area contributed by atoms with Crippen molar-refractivity contribution in [3.05, 3.63) is 21.9 Å². The van der Waals surface area contributed by atoms with Gasteiger partial charge in [0.15, 0.2) is 0 Å². The lowest BCUT2D eigenvalue weighted by Gasteiger charge is -2.23. The van der Waals surface area contributed by atoms with Crippen molar-refractivity contribution in [3.8, 4) is 0 Å². The summed E-state index contributed by atoms with van der Waals surface area (Å²) in [6.45, 7) is 4.72. The van der Waals surface area contributed by atoms with Gasteiger partial charge in [-0.05, 0) is 49.6 Å². The van der Waals surface area contributed by atoms with Crippen molar-refractivity contribution in [1.82, 2.24) is 5.32 Å². The molecule has 0 aromatic carbocycles. The van der Waals surface area contributed by atoms with E-state index in [1.54, 1.807) is 0 Å². The largest absolute Gasteiger partial charge is 0.396 e. The molecule has 0 unspecified atom stereocenters. The van der Waals surface area contributed by atoms with Gasteiger partial charge in [-0.25, -0.2) is 0 Å². The van der Waals surface area contributed by atoms with E-state index in [4.69, 9.17) is 0 Å². The summed E-state index contributed by atoms with van der Waals surface area (Å²) in [6.07, 6.45) is 3.63. The van der Waals surface area contributed by atoms with Crippen LogP contribution in [0.2, 0.25) is 0 Å². The van der Waals surface area contributed by atoms with Crippen molar-refractivity contribution in [2.24, 2.45) is 5.92 Å². The summed E-state index contributed by atoms with van der Waals surface area (Å²) in [4.78, 5) is 1.43. The summed E-state index contributed by atoms with van der Waals surface area (Å²) in [7, 11) is 0. The molecule has 2 N–H and O–H groups in total. The van der Waals surface area contributed by atoms with Crippen LogP contribution in [0.3, 0.4) is 0 Å². The summed E-state index contributed by atoms with van der Waals surface area (Å²) >= 11 is 1.82. The first kappa shape index (κ1) is 12.1. The molecule has 2 rings (SSSR count). The third kappa shape index (κ3) is 2.47. The Balaban J connectivity index is 1.97. The van der Waals surface area contributed by atoms with Gasteiger partial charge in [-0.1, -0.05) is 6.42 Å². The van der Waals surface area contributed by atoms with Gasteiger partial charge in [0.05, 0.1) is 0 Å². The fourth-order valence-corrected chi connectivity index (χ4v) is 3.64. The van der Waals surface area contributed by atoms with Crippen LogP contribution in [0.15, 0.2) is 11.4 Å². The van der Waals surface area contributed by atoms with Crippen LogP contribution in [0, 0.1) is 12.8 Å². The fourth-order valence-electron chi connectivity index (χ4n) is 2.70. The summed E-state index contributed by atoms with van der Waals surface area (Å²) in [6, 6.07) is 3.09. The van der Waals surface area contributed by atoms with Gasteiger partial charge in [0.25, 0.3) is 0 Å². The predicted molar refractivity (Wildman–Crippen MR) is 68.8 cm³/mol. The second-order valence-corrected chi connectivity index (χ2v) is 5.78. The molecule has 3 atom stereocenters. The van der Waals surface area contributed by atoms with Crippen molar-refractivity contribution in [2.75, 3.05) is 6.61 Å². The summed E-state index contributed by atoms with van der Waals surface area (Å²) in [5, 5.41) is 15.1. The molecule has 16 heavy (non-hydrogen) atoms. The Labute approximate surface area is 102 Å². The molecule has 0 radical (unpaired) electrons. The predicted octanol–water partition coefficient (Wildman–Crippen LogP) is 2.87. The van der Waals surface area contributed by atoms with E-state index in [0.29, 0.717) is 24.6 Å². The number of aliphatic hydroxyl groups is 1. The molecule has 2 nitrogen and oxygen atoms in total. The van der Waals surface area contributed by atoms with Gasteiger partial charge in [0.2, 0.25) is 0 Å². The lowest BCUT2D eigenvalue weighted by Crippen LogP contribution is -2.35. The molecule has 1 saturated carbocycles. The monoisotopic (exact) mass is 239 g/mol. The summed E-state index contributed by atoms with van der Waals surface area (Å²) < 4.78 is 0. The van der Waals surface area contributed by atoms with Crippen molar-refractivity contribution in [3.63, 3.8) is 0 Å². The number of aliphatic hydroxyl groups excluding tert-OH is 1. The van der Waals surface area contributed by atoms with Gasteiger partial charge in [-0.15, -0.1) is 11.3 Å². The molecule has 1 aliphatic rings. The highest BCUT2D eigenvalue weighted by Crippen LogP contribution is 2.29. The van der Waals surface area contributed by atoms with Crippen LogP contribution in [0.5, 0.6) is 0 Å². The van der Waals surface area contributed by atoms with Gasteiger partial charge >= 0.3 is 0 Å². The molecule has 1 aromatic rings. The van der Waals surface area contributed by atoms with Crippen LogP contribution < -0.4 is 5.32 Å². The molecule has 1 aliphatic carbocycles. The first-order chi connectivity index (χ1) is 7.72. The number of thiophene rings is 1. The zero-order chi connectivity index (χ0) is 11.5. The fraction of sp³-hybridized carbons (Fsp3) is 0.692. The minimum atomic E-state index is 0.327. The van der Waals surface area contributed by atoms with E-state index in [0.717, 1.165) is 0 Å². The maximum absolute atomic E-state index is 9.30. The molecular formula is C13H21NOS. The zero-order valence-electron chi connectivity index (χ0n) is 10.1. The van der Waals surface area contributed by atoms with Crippen LogP contribution in [0.25, 0.3) is 0 Å². The van der Waals surface area contributed by atoms with Crippen LogP contribution in [0.4, 0.5) is 0 Å². The highest BCUT2D eigenvalue weighted by Gasteiger charge is 2.28. The Morgan fingerprint density at radius 3 is 3.00 bits per heavy atom. The van der Waals surface area contributed by atoms with E-state index >= 15 is 0 Å². The first-order valence-electron chi connectivity index (χ1n) is 6.13. The average Bonchev–Trinajstić information content (AvgIpc) is 2.86. The Hall–Kier alpha value is -0.380. The molecular weight excluding hydrogens is 218 g/mol. The first-order valence-corrected chi connectivity index (χ1v) is 7.01. The van der Waals surface area contributed by atoms with E-state index < -0.39 is 0 Å². The van der Waals surface area contributed by atoms with E-state index in [2.05, 4.69) is 30.6 Å². The molecule has 0 aliphatic heterocycles. The molecule has 0 bridgehead atoms. The van der Waals surface area contributed by atoms with Gasteiger partial charge in [0.1, 0.15) is 0 Å². The van der Waals surface area contributed by atoms with E-state index in [-0.39, 0.29) is 0 Å². The van der Waals surface area contributed by atoms with Crippen LogP contribution >= 0.6 is 11.3 Å². The van der Waals surface area contributed by atoms with Crippen molar-refractivity contribution >= 4 is 11.3 Å². The lowest BCUT2D eigenvalue weighted by molar-refractivity contribution is 0.201. The Bertz CT molecular complexity index is 336. The molecule has 3 heteroatoms. The zero-order valence-corrected chi connectivity index (χ0v) is 10.9. The number of hydrogen-bond acceptors (Lipinski definition) is 3. The summed E-state index contributed by atoms with van der Waals surface area (Å²) in [5.41, 5.74) is 1.38. The summed E-state index contributed by atoms with van der Waals surface area (Å²) in [5.74, 6) is 0.461. The standard InChI is InChI=1S/C13H21NOS/c1-9-6-7-16-13(9)10(2)14-12-5-3-4-11(12)8-15/h6-7,10-12,14-15H,3-5,8H2,1-2H3/t10-,11-,12-/m1/s1. The van der Waals surface area contributed by atoms with Gasteiger partial charge < -0.3 is 10.4 Å². The molecule has 0 saturated heterocycles. The molecule has 0 amide bonds. The Morgan fingerprint density at radius 2 is 2.38 bits per heavy atom. The van der Waals surface area contributed by atoms with Crippen LogP contribution in [0.1, 0.15) is 42.7 Å². The maximum Gasteiger partial charge on any atom is 0.0474 e. The second-order valence-electron chi connectivity index (χ2n) is 4.84. The normalized spacial score (nSPS) is 27.2. The Morgan fingerprint density at radius 1 is 1.56 bits per heavy atom. The Kier molecular flexibility index (Phi) is 4.00. The third-order valence-electron chi connectivity index (χ3n) is 3.65. The minimum Gasteiger partial charge on any atom is -0.396 e. The van der Waals surface area contributed by atoms with Gasteiger partial charge in [-0.2, -0.15) is 0 Å². The molecule has 1 heterocycles. The number of nitrogens with one attached hydrogen (secondary N) is 1. The van der Waals surface area contributed by atoms with E-state index in [1.165, 1.54) is 29.7 Å². The van der Waals surface area contributed by atoms with Gasteiger partial charge in [-0.3, -0.25) is 0 Å². The highest BCUT2D eigenvalue weighted by molar-refractivity contribution is 7.10. The molecule has 0 spiro atoms. The van der Waals surface area contributed by atoms with E-state index in [9.17, 15) is 5.11 Å². The molecule has 1 fully saturated rings. The smallest absolute Gasteiger partial charge is 0.0474 e. The SMILES string of the molecule is Cc1ccsc1[C@@H](C)N[C@@H]1CCC[C@@H]1CO. The molecule has 1 aromatic heterocycles. The average molecular weight is 239 g/mol. The second kappa shape index (κ2) is 5.30. The highest BCUT2D eigenvalue weighted by atomic mass is 32.1. The van der Waals surface area contributed by atoms with Crippen LogP contribution in [-0.4, -0.2) is 17.8 Å². The van der Waals surface area contributed by atoms with Gasteiger partial charge in [0, 0.05) is 23.6 Å². The van der Waals surface area contributed by atoms with Crippen LogP contribution in [-0.2, 0) is 0 Å². The number of rotatable bonds is 4. The van der Waals surface area contributed by atoms with E-state index in [1.807, 2.05) is 11.3 Å². The topological polar surface area (TPSA) is 32.3 Å². The van der Waals surface area contributed by atoms with Crippen molar-refractivity contribution < 1.29 is 5.11 Å². The number of hydrogen-bond donors (Lipinski definition) is 2. The van der Waals surface area contributed by atoms with Crippen molar-refractivity contribution in [2.45, 2.75) is 45.2 Å². The maximum atomic E-state index is 9.30. The van der Waals surface area contributed by atoms with Crippen molar-refractivity contribution in [1.29, 1.82) is 0 Å². The lowest BCUT2D eigenvalue weighted by atomic mass is 10.0. The quantitative estimate of drug-likeness (QED) is 0.847. The third-order valence-corrected chi connectivity index (χ3v) is 4.85.